The Labute approximate surface area is 173 Å². The van der Waals surface area contributed by atoms with Crippen molar-refractivity contribution in [2.45, 2.75) is 23.7 Å². The van der Waals surface area contributed by atoms with Crippen LogP contribution in [0.4, 0.5) is 4.39 Å². The molecule has 0 amide bonds. The predicted octanol–water partition coefficient (Wildman–Crippen LogP) is 3.97. The van der Waals surface area contributed by atoms with Gasteiger partial charge < -0.3 is 9.64 Å². The quantitative estimate of drug-likeness (QED) is 0.636. The third-order valence-electron chi connectivity index (χ3n) is 4.63. The topological polar surface area (TPSA) is 47.4 Å². The minimum absolute atomic E-state index is 0.0457. The normalized spacial score (nSPS) is 13.7. The predicted molar refractivity (Wildman–Crippen MR) is 113 cm³/mol. The lowest BCUT2D eigenvalue weighted by Crippen LogP contribution is -2.28. The molecule has 0 N–H and O–H groups in total. The van der Waals surface area contributed by atoms with Gasteiger partial charge in [-0.2, -0.15) is 9.78 Å². The average molecular weight is 412 g/mol. The Kier molecular flexibility index (Phi) is 5.43. The van der Waals surface area contributed by atoms with Crippen LogP contribution in [0.25, 0.3) is 16.9 Å². The molecule has 1 aliphatic rings. The fourth-order valence-corrected chi connectivity index (χ4v) is 4.44. The van der Waals surface area contributed by atoms with E-state index in [1.807, 2.05) is 45.3 Å². The summed E-state index contributed by atoms with van der Waals surface area (Å²) >= 11 is 1.59. The molecule has 0 spiro atoms. The Morgan fingerprint density at radius 2 is 1.97 bits per heavy atom. The second-order valence-electron chi connectivity index (χ2n) is 7.38. The van der Waals surface area contributed by atoms with Gasteiger partial charge in [0.05, 0.1) is 11.4 Å². The molecular formula is C22H22FN3O2S. The minimum Gasteiger partial charge on any atom is -0.489 e. The molecule has 2 aromatic carbocycles. The highest BCUT2D eigenvalue weighted by molar-refractivity contribution is 7.98. The molecule has 0 fully saturated rings. The molecule has 0 saturated heterocycles. The number of nitrogens with zero attached hydrogens (tertiary/aromatic N) is 3. The van der Waals surface area contributed by atoms with Gasteiger partial charge >= 0.3 is 0 Å². The van der Waals surface area contributed by atoms with Crippen LogP contribution >= 0.6 is 11.8 Å². The van der Waals surface area contributed by atoms with Crippen LogP contribution in [0.3, 0.4) is 0 Å². The molecule has 7 heteroatoms. The van der Waals surface area contributed by atoms with Crippen LogP contribution in [0.2, 0.25) is 0 Å². The van der Waals surface area contributed by atoms with Crippen molar-refractivity contribution >= 4 is 11.8 Å². The zero-order valence-corrected chi connectivity index (χ0v) is 17.4. The largest absolute Gasteiger partial charge is 0.489 e. The highest BCUT2D eigenvalue weighted by Gasteiger charge is 2.21. The maximum Gasteiger partial charge on any atom is 0.271 e. The number of halogens is 1. The highest BCUT2D eigenvalue weighted by atomic mass is 32.2. The lowest BCUT2D eigenvalue weighted by molar-refractivity contribution is 0.177. The van der Waals surface area contributed by atoms with E-state index in [0.717, 1.165) is 28.3 Å². The summed E-state index contributed by atoms with van der Waals surface area (Å²) in [5.74, 6) is 1.07. The van der Waals surface area contributed by atoms with E-state index in [1.165, 1.54) is 16.8 Å². The number of benzene rings is 2. The van der Waals surface area contributed by atoms with E-state index < -0.39 is 0 Å². The van der Waals surface area contributed by atoms with Crippen molar-refractivity contribution < 1.29 is 9.13 Å². The molecule has 1 atom stereocenters. The Morgan fingerprint density at radius 3 is 2.69 bits per heavy atom. The van der Waals surface area contributed by atoms with Gasteiger partial charge in [0.2, 0.25) is 0 Å². The average Bonchev–Trinajstić information content (AvgIpc) is 2.67. The summed E-state index contributed by atoms with van der Waals surface area (Å²) in [6, 6.07) is 13.6. The number of rotatable bonds is 5. The first-order chi connectivity index (χ1) is 13.9. The minimum atomic E-state index is -0.315. The molecular weight excluding hydrogens is 389 g/mol. The van der Waals surface area contributed by atoms with Crippen molar-refractivity contribution in [3.8, 4) is 22.7 Å². The second kappa shape index (κ2) is 8.00. The molecule has 29 heavy (non-hydrogen) atoms. The molecule has 1 aliphatic heterocycles. The van der Waals surface area contributed by atoms with Gasteiger partial charge in [0.1, 0.15) is 17.7 Å². The SMILES string of the molecule is CC(CN(C)C)Oc1ccc(-n2nc3c(cc2=O)CSc2ccc(F)cc2-3)cc1. The molecule has 3 aromatic rings. The van der Waals surface area contributed by atoms with E-state index >= 15 is 0 Å². The summed E-state index contributed by atoms with van der Waals surface area (Å²) in [6.07, 6.45) is 0.0457. The molecule has 0 radical (unpaired) electrons. The van der Waals surface area contributed by atoms with Crippen molar-refractivity contribution in [3.05, 3.63) is 70.3 Å². The zero-order valence-electron chi connectivity index (χ0n) is 16.6. The zero-order chi connectivity index (χ0) is 20.5. The third kappa shape index (κ3) is 4.21. The lowest BCUT2D eigenvalue weighted by Gasteiger charge is -2.20. The molecule has 1 aromatic heterocycles. The number of ether oxygens (including phenoxy) is 1. The number of thioether (sulfide) groups is 1. The van der Waals surface area contributed by atoms with Crippen LogP contribution in [0.1, 0.15) is 12.5 Å². The maximum absolute atomic E-state index is 13.8. The summed E-state index contributed by atoms with van der Waals surface area (Å²) in [5, 5.41) is 4.57. The summed E-state index contributed by atoms with van der Waals surface area (Å²) < 4.78 is 21.1. The van der Waals surface area contributed by atoms with E-state index in [4.69, 9.17) is 4.74 Å². The number of hydrogen-bond donors (Lipinski definition) is 0. The second-order valence-corrected chi connectivity index (χ2v) is 8.40. The first-order valence-corrected chi connectivity index (χ1v) is 10.4. The maximum atomic E-state index is 13.8. The number of aromatic nitrogens is 2. The van der Waals surface area contributed by atoms with Gasteiger partial charge in [-0.1, -0.05) is 0 Å². The van der Waals surface area contributed by atoms with Crippen LogP contribution in [0.15, 0.2) is 58.2 Å². The van der Waals surface area contributed by atoms with Gasteiger partial charge in [-0.3, -0.25) is 4.79 Å². The molecule has 0 saturated carbocycles. The molecule has 0 aliphatic carbocycles. The van der Waals surface area contributed by atoms with Crippen molar-refractivity contribution in [2.24, 2.45) is 0 Å². The molecule has 5 nitrogen and oxygen atoms in total. The molecule has 0 bridgehead atoms. The lowest BCUT2D eigenvalue weighted by atomic mass is 10.1. The highest BCUT2D eigenvalue weighted by Crippen LogP contribution is 2.40. The number of likely N-dealkylation sites (N-methyl/N-ethyl adjacent to an activating group) is 1. The van der Waals surface area contributed by atoms with E-state index in [9.17, 15) is 9.18 Å². The van der Waals surface area contributed by atoms with Gasteiger partial charge in [0.15, 0.2) is 0 Å². The molecule has 1 unspecified atom stereocenters. The van der Waals surface area contributed by atoms with Crippen LogP contribution in [0, 0.1) is 5.82 Å². The van der Waals surface area contributed by atoms with Gasteiger partial charge in [-0.05, 0) is 69.0 Å². The standard InChI is InChI=1S/C22H22FN3O2S/c1-14(12-25(2)3)28-18-7-5-17(6-8-18)26-21(27)10-15-13-29-20-9-4-16(23)11-19(20)22(15)24-26/h4-11,14H,12-13H2,1-3H3. The first-order valence-electron chi connectivity index (χ1n) is 9.38. The van der Waals surface area contributed by atoms with Crippen LogP contribution in [0.5, 0.6) is 5.75 Å². The summed E-state index contributed by atoms with van der Waals surface area (Å²) in [4.78, 5) is 15.7. The van der Waals surface area contributed by atoms with E-state index in [0.29, 0.717) is 17.1 Å². The van der Waals surface area contributed by atoms with E-state index in [-0.39, 0.29) is 17.5 Å². The molecule has 4 rings (SSSR count). The van der Waals surface area contributed by atoms with E-state index in [1.54, 1.807) is 23.9 Å². The Bertz CT molecular complexity index is 1100. The van der Waals surface area contributed by atoms with Crippen molar-refractivity contribution in [1.29, 1.82) is 0 Å². The monoisotopic (exact) mass is 411 g/mol. The Morgan fingerprint density at radius 1 is 1.21 bits per heavy atom. The number of fused-ring (bicyclic) bond motifs is 3. The van der Waals surface area contributed by atoms with Gasteiger partial charge in [-0.15, -0.1) is 11.8 Å². The van der Waals surface area contributed by atoms with Gasteiger partial charge in [0.25, 0.3) is 5.56 Å². The van der Waals surface area contributed by atoms with Gasteiger partial charge in [0, 0.05) is 28.8 Å². The fraction of sp³-hybridized carbons (Fsp3) is 0.273. The third-order valence-corrected chi connectivity index (χ3v) is 5.75. The number of hydrogen-bond acceptors (Lipinski definition) is 5. The fourth-order valence-electron chi connectivity index (χ4n) is 3.43. The molecule has 150 valence electrons. The molecule has 2 heterocycles. The van der Waals surface area contributed by atoms with E-state index in [2.05, 4.69) is 10.00 Å². The van der Waals surface area contributed by atoms with Crippen LogP contribution in [-0.2, 0) is 5.75 Å². The summed E-state index contributed by atoms with van der Waals surface area (Å²) in [6.45, 7) is 2.82. The van der Waals surface area contributed by atoms with Gasteiger partial charge in [-0.25, -0.2) is 4.39 Å². The van der Waals surface area contributed by atoms with Crippen LogP contribution in [-0.4, -0.2) is 41.4 Å². The van der Waals surface area contributed by atoms with Crippen LogP contribution < -0.4 is 10.3 Å². The summed E-state index contributed by atoms with van der Waals surface area (Å²) in [7, 11) is 4.00. The Balaban J connectivity index is 1.66. The van der Waals surface area contributed by atoms with Crippen molar-refractivity contribution in [2.75, 3.05) is 20.6 Å². The Hall–Kier alpha value is -2.64. The smallest absolute Gasteiger partial charge is 0.271 e. The first kappa shape index (κ1) is 19.7. The van der Waals surface area contributed by atoms with Crippen molar-refractivity contribution in [1.82, 2.24) is 14.7 Å². The summed E-state index contributed by atoms with van der Waals surface area (Å²) in [5.41, 5.74) is 2.63. The van der Waals surface area contributed by atoms with Crippen molar-refractivity contribution in [3.63, 3.8) is 0 Å².